The van der Waals surface area contributed by atoms with Gasteiger partial charge in [0.15, 0.2) is 5.78 Å². The zero-order valence-corrected chi connectivity index (χ0v) is 6.29. The van der Waals surface area contributed by atoms with Gasteiger partial charge in [0.25, 0.3) is 0 Å². The van der Waals surface area contributed by atoms with Crippen LogP contribution in [-0.4, -0.2) is 29.6 Å². The average molecular weight is 158 g/mol. The molecule has 1 atom stereocenters. The summed E-state index contributed by atoms with van der Waals surface area (Å²) in [6, 6.07) is 0. The second-order valence-electron chi connectivity index (χ2n) is 2.63. The molecule has 0 aliphatic heterocycles. The van der Waals surface area contributed by atoms with Crippen molar-refractivity contribution in [3.05, 3.63) is 0 Å². The van der Waals surface area contributed by atoms with Gasteiger partial charge in [-0.3, -0.25) is 4.79 Å². The van der Waals surface area contributed by atoms with E-state index in [2.05, 4.69) is 4.74 Å². The van der Waals surface area contributed by atoms with Crippen LogP contribution in [0.4, 0.5) is 0 Å². The Labute approximate surface area is 64.2 Å². The first-order valence-electron chi connectivity index (χ1n) is 3.45. The maximum atomic E-state index is 10.9. The summed E-state index contributed by atoms with van der Waals surface area (Å²) in [5.74, 6) is -1.26. The lowest BCUT2D eigenvalue weighted by atomic mass is 10.0. The van der Waals surface area contributed by atoms with Crippen molar-refractivity contribution in [2.45, 2.75) is 24.9 Å². The van der Waals surface area contributed by atoms with Crippen LogP contribution in [0.2, 0.25) is 0 Å². The number of ketones is 1. The molecule has 4 heteroatoms. The van der Waals surface area contributed by atoms with Crippen molar-refractivity contribution in [2.75, 3.05) is 7.11 Å². The van der Waals surface area contributed by atoms with E-state index in [0.717, 1.165) is 7.11 Å². The molecular formula is C7H10O4. The molecule has 62 valence electrons. The van der Waals surface area contributed by atoms with Gasteiger partial charge in [0.2, 0.25) is 5.60 Å². The van der Waals surface area contributed by atoms with Crippen molar-refractivity contribution in [2.24, 2.45) is 0 Å². The molecular weight excluding hydrogens is 148 g/mol. The Balaban J connectivity index is 2.80. The Morgan fingerprint density at radius 2 is 2.36 bits per heavy atom. The normalized spacial score (nSPS) is 30.5. The van der Waals surface area contributed by atoms with Gasteiger partial charge in [0.1, 0.15) is 0 Å². The molecule has 0 spiro atoms. The number of carbonyl (C=O) groups is 2. The van der Waals surface area contributed by atoms with Crippen LogP contribution in [-0.2, 0) is 14.3 Å². The highest BCUT2D eigenvalue weighted by atomic mass is 16.5. The summed E-state index contributed by atoms with van der Waals surface area (Å²) >= 11 is 0. The smallest absolute Gasteiger partial charge is 0.345 e. The number of ether oxygens (including phenoxy) is 1. The molecule has 0 aromatic rings. The summed E-state index contributed by atoms with van der Waals surface area (Å²) in [4.78, 5) is 21.8. The summed E-state index contributed by atoms with van der Waals surface area (Å²) in [5.41, 5.74) is -1.84. The van der Waals surface area contributed by atoms with Crippen molar-refractivity contribution in [1.82, 2.24) is 0 Å². The highest BCUT2D eigenvalue weighted by Gasteiger charge is 2.47. The molecule has 0 aromatic carbocycles. The predicted octanol–water partition coefficient (Wildman–Crippen LogP) is -0.357. The molecule has 0 heterocycles. The molecule has 0 bridgehead atoms. The van der Waals surface area contributed by atoms with Gasteiger partial charge in [-0.15, -0.1) is 0 Å². The third kappa shape index (κ3) is 1.14. The molecule has 0 radical (unpaired) electrons. The van der Waals surface area contributed by atoms with Gasteiger partial charge in [-0.25, -0.2) is 4.79 Å². The topological polar surface area (TPSA) is 63.6 Å². The van der Waals surface area contributed by atoms with Gasteiger partial charge in [-0.05, 0) is 12.8 Å². The van der Waals surface area contributed by atoms with E-state index in [-0.39, 0.29) is 12.8 Å². The number of carbonyl (C=O) groups excluding carboxylic acids is 2. The summed E-state index contributed by atoms with van der Waals surface area (Å²) in [6.45, 7) is 0. The zero-order chi connectivity index (χ0) is 8.48. The lowest BCUT2D eigenvalue weighted by Gasteiger charge is -2.15. The monoisotopic (exact) mass is 158 g/mol. The molecule has 4 nitrogen and oxygen atoms in total. The summed E-state index contributed by atoms with van der Waals surface area (Å²) in [6.07, 6.45) is 1.02. The molecule has 0 aromatic heterocycles. The van der Waals surface area contributed by atoms with Gasteiger partial charge >= 0.3 is 5.97 Å². The van der Waals surface area contributed by atoms with E-state index in [0.29, 0.717) is 6.42 Å². The Hall–Kier alpha value is -0.900. The van der Waals surface area contributed by atoms with Crippen LogP contribution in [0, 0.1) is 0 Å². The van der Waals surface area contributed by atoms with E-state index in [4.69, 9.17) is 0 Å². The van der Waals surface area contributed by atoms with Crippen molar-refractivity contribution >= 4 is 11.8 Å². The Morgan fingerprint density at radius 3 is 2.73 bits per heavy atom. The highest BCUT2D eigenvalue weighted by Crippen LogP contribution is 2.26. The molecule has 0 amide bonds. The predicted molar refractivity (Wildman–Crippen MR) is 35.8 cm³/mol. The molecule has 0 saturated heterocycles. The fourth-order valence-electron chi connectivity index (χ4n) is 1.24. The molecule has 1 saturated carbocycles. The number of Topliss-reactive ketones (excluding diaryl/α,β-unsaturated/α-hetero) is 1. The fraction of sp³-hybridized carbons (Fsp3) is 0.714. The van der Waals surface area contributed by atoms with Crippen molar-refractivity contribution < 1.29 is 19.4 Å². The molecule has 1 aliphatic rings. The van der Waals surface area contributed by atoms with Crippen LogP contribution >= 0.6 is 0 Å². The number of hydrogen-bond donors (Lipinski definition) is 1. The van der Waals surface area contributed by atoms with Gasteiger partial charge in [-0.1, -0.05) is 0 Å². The number of esters is 1. The van der Waals surface area contributed by atoms with Crippen LogP contribution in [0.3, 0.4) is 0 Å². The number of rotatable bonds is 1. The van der Waals surface area contributed by atoms with Crippen LogP contribution in [0.1, 0.15) is 19.3 Å². The summed E-state index contributed by atoms with van der Waals surface area (Å²) < 4.78 is 4.30. The number of aliphatic hydroxyl groups is 1. The third-order valence-corrected chi connectivity index (χ3v) is 1.93. The first kappa shape index (κ1) is 8.20. The SMILES string of the molecule is COC(=O)[C@@]1(O)CCCC1=O. The van der Waals surface area contributed by atoms with E-state index >= 15 is 0 Å². The quantitative estimate of drug-likeness (QED) is 0.418. The van der Waals surface area contributed by atoms with E-state index in [1.807, 2.05) is 0 Å². The lowest BCUT2D eigenvalue weighted by molar-refractivity contribution is -0.165. The van der Waals surface area contributed by atoms with E-state index in [1.165, 1.54) is 0 Å². The number of methoxy groups -OCH3 is 1. The second kappa shape index (κ2) is 2.62. The molecule has 0 unspecified atom stereocenters. The highest BCUT2D eigenvalue weighted by molar-refractivity contribution is 6.08. The van der Waals surface area contributed by atoms with E-state index in [1.54, 1.807) is 0 Å². The molecule has 1 fully saturated rings. The molecule has 1 aliphatic carbocycles. The van der Waals surface area contributed by atoms with E-state index in [9.17, 15) is 14.7 Å². The van der Waals surface area contributed by atoms with Crippen LogP contribution < -0.4 is 0 Å². The molecule has 1 N–H and O–H groups in total. The number of hydrogen-bond acceptors (Lipinski definition) is 4. The van der Waals surface area contributed by atoms with Gasteiger partial charge in [0.05, 0.1) is 7.11 Å². The van der Waals surface area contributed by atoms with Gasteiger partial charge in [0, 0.05) is 6.42 Å². The summed E-state index contributed by atoms with van der Waals surface area (Å²) in [7, 11) is 1.16. The fourth-order valence-corrected chi connectivity index (χ4v) is 1.24. The van der Waals surface area contributed by atoms with Crippen LogP contribution in [0.5, 0.6) is 0 Å². The minimum absolute atomic E-state index is 0.193. The largest absolute Gasteiger partial charge is 0.467 e. The first-order chi connectivity index (χ1) is 5.11. The Kier molecular flexibility index (Phi) is 1.95. The van der Waals surface area contributed by atoms with E-state index < -0.39 is 17.4 Å². The molecule has 11 heavy (non-hydrogen) atoms. The summed E-state index contributed by atoms with van der Waals surface area (Å²) in [5, 5.41) is 9.40. The molecule has 1 rings (SSSR count). The van der Waals surface area contributed by atoms with Crippen molar-refractivity contribution in [1.29, 1.82) is 0 Å². The zero-order valence-electron chi connectivity index (χ0n) is 6.29. The Morgan fingerprint density at radius 1 is 1.73 bits per heavy atom. The van der Waals surface area contributed by atoms with Gasteiger partial charge < -0.3 is 9.84 Å². The average Bonchev–Trinajstić information content (AvgIpc) is 2.32. The maximum absolute atomic E-state index is 10.9. The van der Waals surface area contributed by atoms with Crippen molar-refractivity contribution in [3.63, 3.8) is 0 Å². The van der Waals surface area contributed by atoms with Crippen molar-refractivity contribution in [3.8, 4) is 0 Å². The lowest BCUT2D eigenvalue weighted by Crippen LogP contribution is -2.43. The minimum atomic E-state index is -1.84. The first-order valence-corrected chi connectivity index (χ1v) is 3.45. The third-order valence-electron chi connectivity index (χ3n) is 1.93. The van der Waals surface area contributed by atoms with Gasteiger partial charge in [-0.2, -0.15) is 0 Å². The second-order valence-corrected chi connectivity index (χ2v) is 2.63. The minimum Gasteiger partial charge on any atom is -0.467 e. The standard InChI is InChI=1S/C7H10O4/c1-11-6(9)7(10)4-2-3-5(7)8/h10H,2-4H2,1H3/t7-/m1/s1. The van der Waals surface area contributed by atoms with Crippen LogP contribution in [0.15, 0.2) is 0 Å². The van der Waals surface area contributed by atoms with Crippen LogP contribution in [0.25, 0.3) is 0 Å². The Bertz CT molecular complexity index is 199. The maximum Gasteiger partial charge on any atom is 0.345 e.